The maximum absolute atomic E-state index is 10.4. The van der Waals surface area contributed by atoms with Gasteiger partial charge in [0.2, 0.25) is 0 Å². The maximum Gasteiger partial charge on any atom is 0.303 e. The third-order valence-corrected chi connectivity index (χ3v) is 3.63. The van der Waals surface area contributed by atoms with Gasteiger partial charge >= 0.3 is 5.97 Å². The summed E-state index contributed by atoms with van der Waals surface area (Å²) in [5, 5.41) is 10.6. The number of unbranched alkanes of at least 4 members (excludes halogenated alkanes) is 2. The molecule has 0 radical (unpaired) electrons. The highest BCUT2D eigenvalue weighted by molar-refractivity contribution is 7.09. The van der Waals surface area contributed by atoms with Crippen LogP contribution >= 0.6 is 11.3 Å². The zero-order valence-electron chi connectivity index (χ0n) is 10.4. The first kappa shape index (κ1) is 14.2. The lowest BCUT2D eigenvalue weighted by atomic mass is 10.2. The van der Waals surface area contributed by atoms with Crippen LogP contribution in [0.4, 0.5) is 0 Å². The fourth-order valence-corrected chi connectivity index (χ4v) is 2.51. The topological polar surface area (TPSA) is 40.5 Å². The van der Waals surface area contributed by atoms with Crippen LogP contribution in [0.15, 0.2) is 17.5 Å². The third-order valence-electron chi connectivity index (χ3n) is 2.77. The van der Waals surface area contributed by atoms with Gasteiger partial charge in [-0.3, -0.25) is 9.69 Å². The van der Waals surface area contributed by atoms with Gasteiger partial charge in [-0.1, -0.05) is 19.4 Å². The van der Waals surface area contributed by atoms with Gasteiger partial charge < -0.3 is 5.11 Å². The maximum atomic E-state index is 10.4. The molecule has 0 fully saturated rings. The van der Waals surface area contributed by atoms with E-state index in [1.54, 1.807) is 11.3 Å². The molecule has 0 aliphatic heterocycles. The summed E-state index contributed by atoms with van der Waals surface area (Å²) >= 11 is 1.79. The smallest absolute Gasteiger partial charge is 0.303 e. The van der Waals surface area contributed by atoms with Crippen molar-refractivity contribution in [2.45, 2.75) is 39.2 Å². The van der Waals surface area contributed by atoms with Crippen LogP contribution in [0.5, 0.6) is 0 Å². The van der Waals surface area contributed by atoms with Gasteiger partial charge in [-0.05, 0) is 37.4 Å². The summed E-state index contributed by atoms with van der Waals surface area (Å²) < 4.78 is 0. The molecule has 1 N–H and O–H groups in total. The standard InChI is InChI=1S/C13H21NO2S/c1-2-14(11-12-7-6-10-17-12)9-5-3-4-8-13(15)16/h6-7,10H,2-5,8-9,11H2,1H3,(H,15,16). The van der Waals surface area contributed by atoms with E-state index in [0.29, 0.717) is 6.42 Å². The molecule has 0 saturated heterocycles. The first-order valence-electron chi connectivity index (χ1n) is 6.19. The number of carboxylic acids is 1. The molecule has 0 atom stereocenters. The van der Waals surface area contributed by atoms with Gasteiger partial charge in [-0.2, -0.15) is 0 Å². The Labute approximate surface area is 107 Å². The highest BCUT2D eigenvalue weighted by Crippen LogP contribution is 2.12. The van der Waals surface area contributed by atoms with Crippen LogP contribution in [0.2, 0.25) is 0 Å². The van der Waals surface area contributed by atoms with Crippen LogP contribution in [0.1, 0.15) is 37.5 Å². The van der Waals surface area contributed by atoms with E-state index in [0.717, 1.165) is 38.9 Å². The molecule has 0 saturated carbocycles. The molecule has 0 aliphatic rings. The van der Waals surface area contributed by atoms with E-state index in [4.69, 9.17) is 5.11 Å². The number of carbonyl (C=O) groups is 1. The monoisotopic (exact) mass is 255 g/mol. The summed E-state index contributed by atoms with van der Waals surface area (Å²) in [6, 6.07) is 4.25. The molecule has 3 nitrogen and oxygen atoms in total. The third kappa shape index (κ3) is 6.44. The molecule has 1 heterocycles. The Balaban J connectivity index is 2.12. The zero-order valence-corrected chi connectivity index (χ0v) is 11.2. The van der Waals surface area contributed by atoms with Crippen LogP contribution in [0, 0.1) is 0 Å². The van der Waals surface area contributed by atoms with Gasteiger partial charge in [-0.25, -0.2) is 0 Å². The van der Waals surface area contributed by atoms with Crippen LogP contribution < -0.4 is 0 Å². The SMILES string of the molecule is CCN(CCCCCC(=O)O)Cc1cccs1. The molecule has 0 bridgehead atoms. The van der Waals surface area contributed by atoms with Crippen molar-refractivity contribution in [3.05, 3.63) is 22.4 Å². The molecule has 96 valence electrons. The molecule has 0 aliphatic carbocycles. The number of rotatable bonds is 9. The number of hydrogen-bond donors (Lipinski definition) is 1. The summed E-state index contributed by atoms with van der Waals surface area (Å²) in [4.78, 5) is 14.2. The number of aliphatic carboxylic acids is 1. The van der Waals surface area contributed by atoms with Crippen LogP contribution in [0.3, 0.4) is 0 Å². The van der Waals surface area contributed by atoms with Crippen LogP contribution in [0.25, 0.3) is 0 Å². The van der Waals surface area contributed by atoms with Crippen molar-refractivity contribution >= 4 is 17.3 Å². The Morgan fingerprint density at radius 1 is 1.41 bits per heavy atom. The number of carboxylic acid groups (broad SMARTS) is 1. The Kier molecular flexibility index (Phi) is 6.89. The molecular weight excluding hydrogens is 234 g/mol. The van der Waals surface area contributed by atoms with E-state index in [-0.39, 0.29) is 0 Å². The van der Waals surface area contributed by atoms with Gasteiger partial charge in [0.15, 0.2) is 0 Å². The molecule has 0 amide bonds. The Hall–Kier alpha value is -0.870. The minimum atomic E-state index is -0.684. The molecular formula is C13H21NO2S. The predicted octanol–water partition coefficient (Wildman–Crippen LogP) is 3.22. The van der Waals surface area contributed by atoms with E-state index in [1.165, 1.54) is 4.88 Å². The summed E-state index contributed by atoms with van der Waals surface area (Å²) in [6.07, 6.45) is 3.20. The van der Waals surface area contributed by atoms with Crippen molar-refractivity contribution < 1.29 is 9.90 Å². The van der Waals surface area contributed by atoms with Crippen molar-refractivity contribution in [1.82, 2.24) is 4.90 Å². The second kappa shape index (κ2) is 8.25. The Morgan fingerprint density at radius 2 is 2.24 bits per heavy atom. The lowest BCUT2D eigenvalue weighted by Gasteiger charge is -2.19. The highest BCUT2D eigenvalue weighted by atomic mass is 32.1. The minimum absolute atomic E-state index is 0.303. The number of hydrogen-bond acceptors (Lipinski definition) is 3. The predicted molar refractivity (Wildman–Crippen MR) is 71.4 cm³/mol. The van der Waals surface area contributed by atoms with Gasteiger partial charge in [0, 0.05) is 17.8 Å². The van der Waals surface area contributed by atoms with E-state index >= 15 is 0 Å². The summed E-state index contributed by atoms with van der Waals surface area (Å²) in [5.41, 5.74) is 0. The number of thiophene rings is 1. The van der Waals surface area contributed by atoms with Crippen molar-refractivity contribution in [2.75, 3.05) is 13.1 Å². The largest absolute Gasteiger partial charge is 0.481 e. The quantitative estimate of drug-likeness (QED) is 0.689. The normalized spacial score (nSPS) is 10.9. The lowest BCUT2D eigenvalue weighted by molar-refractivity contribution is -0.137. The van der Waals surface area contributed by atoms with Crippen molar-refractivity contribution in [2.24, 2.45) is 0 Å². The second-order valence-electron chi connectivity index (χ2n) is 4.15. The van der Waals surface area contributed by atoms with Crippen molar-refractivity contribution in [3.63, 3.8) is 0 Å². The minimum Gasteiger partial charge on any atom is -0.481 e. The molecule has 1 aromatic heterocycles. The molecule has 0 unspecified atom stereocenters. The molecule has 0 spiro atoms. The fourth-order valence-electron chi connectivity index (χ4n) is 1.76. The molecule has 0 aromatic carbocycles. The van der Waals surface area contributed by atoms with E-state index in [2.05, 4.69) is 29.3 Å². The average Bonchev–Trinajstić information content (AvgIpc) is 2.79. The first-order valence-corrected chi connectivity index (χ1v) is 7.07. The zero-order chi connectivity index (χ0) is 12.5. The van der Waals surface area contributed by atoms with Gasteiger partial charge in [0.25, 0.3) is 0 Å². The van der Waals surface area contributed by atoms with E-state index in [1.807, 2.05) is 0 Å². The molecule has 17 heavy (non-hydrogen) atoms. The van der Waals surface area contributed by atoms with E-state index in [9.17, 15) is 4.79 Å². The average molecular weight is 255 g/mol. The molecule has 1 aromatic rings. The van der Waals surface area contributed by atoms with Crippen LogP contribution in [-0.4, -0.2) is 29.1 Å². The van der Waals surface area contributed by atoms with Crippen molar-refractivity contribution in [1.29, 1.82) is 0 Å². The highest BCUT2D eigenvalue weighted by Gasteiger charge is 2.04. The lowest BCUT2D eigenvalue weighted by Crippen LogP contribution is -2.23. The van der Waals surface area contributed by atoms with Gasteiger partial charge in [0.05, 0.1) is 0 Å². The Bertz CT molecular complexity index is 311. The number of nitrogens with zero attached hydrogens (tertiary/aromatic N) is 1. The van der Waals surface area contributed by atoms with Gasteiger partial charge in [0.1, 0.15) is 0 Å². The summed E-state index contributed by atoms with van der Waals surface area (Å²) in [5.74, 6) is -0.684. The van der Waals surface area contributed by atoms with Gasteiger partial charge in [-0.15, -0.1) is 11.3 Å². The molecule has 4 heteroatoms. The Morgan fingerprint density at radius 3 is 2.82 bits per heavy atom. The summed E-state index contributed by atoms with van der Waals surface area (Å²) in [6.45, 7) is 5.31. The van der Waals surface area contributed by atoms with Crippen molar-refractivity contribution in [3.8, 4) is 0 Å². The van der Waals surface area contributed by atoms with Crippen LogP contribution in [-0.2, 0) is 11.3 Å². The summed E-state index contributed by atoms with van der Waals surface area (Å²) in [7, 11) is 0. The first-order chi connectivity index (χ1) is 8.22. The molecule has 1 rings (SSSR count). The fraction of sp³-hybridized carbons (Fsp3) is 0.615. The second-order valence-corrected chi connectivity index (χ2v) is 5.18. The van der Waals surface area contributed by atoms with E-state index < -0.39 is 5.97 Å².